The van der Waals surface area contributed by atoms with E-state index in [2.05, 4.69) is 6.92 Å². The zero-order valence-corrected chi connectivity index (χ0v) is 20.7. The van der Waals surface area contributed by atoms with Gasteiger partial charge in [0.1, 0.15) is 5.75 Å². The van der Waals surface area contributed by atoms with E-state index in [0.717, 1.165) is 24.8 Å². The van der Waals surface area contributed by atoms with Crippen LogP contribution in [0.3, 0.4) is 0 Å². The largest absolute Gasteiger partial charge is 0.454 e. The van der Waals surface area contributed by atoms with E-state index in [1.165, 1.54) is 51.0 Å². The number of rotatable bonds is 8. The van der Waals surface area contributed by atoms with Gasteiger partial charge in [-0.25, -0.2) is 17.6 Å². The summed E-state index contributed by atoms with van der Waals surface area (Å²) >= 11 is 0. The third kappa shape index (κ3) is 5.74. The van der Waals surface area contributed by atoms with E-state index in [1.807, 2.05) is 24.3 Å². The average Bonchev–Trinajstić information content (AvgIpc) is 2.88. The standard InChI is InChI=1S/C30H31F5O/c1-3-4-5-6-19-7-9-20(10-8-19)21-11-13-22(14-12-21)24-17-27(33)29(35)30(18(24)2)36-23-15-25(31)28(34)26(32)16-23/h11-17,19-20H,3-10H2,1-2H3. The molecule has 0 heterocycles. The first-order chi connectivity index (χ1) is 17.3. The molecule has 0 atom stereocenters. The quantitative estimate of drug-likeness (QED) is 0.169. The zero-order chi connectivity index (χ0) is 25.8. The summed E-state index contributed by atoms with van der Waals surface area (Å²) in [6.07, 6.45) is 9.96. The van der Waals surface area contributed by atoms with Crippen molar-refractivity contribution in [1.29, 1.82) is 0 Å². The summed E-state index contributed by atoms with van der Waals surface area (Å²) in [5.41, 5.74) is 2.57. The van der Waals surface area contributed by atoms with E-state index < -0.39 is 40.6 Å². The second-order valence-electron chi connectivity index (χ2n) is 9.81. The normalized spacial score (nSPS) is 17.9. The molecule has 0 bridgehead atoms. The van der Waals surface area contributed by atoms with Crippen molar-refractivity contribution < 1.29 is 26.7 Å². The van der Waals surface area contributed by atoms with Gasteiger partial charge in [-0.05, 0) is 67.2 Å². The summed E-state index contributed by atoms with van der Waals surface area (Å²) in [4.78, 5) is 0. The number of ether oxygens (including phenoxy) is 1. The van der Waals surface area contributed by atoms with Gasteiger partial charge in [0.15, 0.2) is 29.0 Å². The molecule has 1 saturated carbocycles. The fraction of sp³-hybridized carbons (Fsp3) is 0.400. The van der Waals surface area contributed by atoms with Crippen LogP contribution in [0.2, 0.25) is 0 Å². The average molecular weight is 503 g/mol. The monoisotopic (exact) mass is 502 g/mol. The van der Waals surface area contributed by atoms with E-state index in [9.17, 15) is 22.0 Å². The first-order valence-corrected chi connectivity index (χ1v) is 12.7. The van der Waals surface area contributed by atoms with Crippen molar-refractivity contribution in [3.05, 3.63) is 82.7 Å². The van der Waals surface area contributed by atoms with Crippen LogP contribution in [-0.4, -0.2) is 0 Å². The summed E-state index contributed by atoms with van der Waals surface area (Å²) in [7, 11) is 0. The third-order valence-electron chi connectivity index (χ3n) is 7.36. The van der Waals surface area contributed by atoms with E-state index in [1.54, 1.807) is 0 Å². The fourth-order valence-electron chi connectivity index (χ4n) is 5.23. The Labute approximate surface area is 209 Å². The molecule has 0 radical (unpaired) electrons. The van der Waals surface area contributed by atoms with Crippen LogP contribution in [-0.2, 0) is 0 Å². The summed E-state index contributed by atoms with van der Waals surface area (Å²) in [6, 6.07) is 10.1. The molecule has 4 rings (SSSR count). The van der Waals surface area contributed by atoms with Crippen LogP contribution in [0.4, 0.5) is 22.0 Å². The summed E-state index contributed by atoms with van der Waals surface area (Å²) < 4.78 is 74.8. The molecule has 0 aromatic heterocycles. The molecule has 6 heteroatoms. The minimum Gasteiger partial charge on any atom is -0.454 e. The molecule has 1 nitrogen and oxygen atoms in total. The molecule has 1 aliphatic rings. The van der Waals surface area contributed by atoms with Crippen molar-refractivity contribution in [1.82, 2.24) is 0 Å². The highest BCUT2D eigenvalue weighted by atomic mass is 19.2. The maximum atomic E-state index is 14.6. The second kappa shape index (κ2) is 11.4. The SMILES string of the molecule is CCCCCC1CCC(c2ccc(-c3cc(F)c(F)c(Oc4cc(F)c(F)c(F)c4)c3C)cc2)CC1. The number of hydrogen-bond donors (Lipinski definition) is 0. The van der Waals surface area contributed by atoms with Gasteiger partial charge >= 0.3 is 0 Å². The van der Waals surface area contributed by atoms with Gasteiger partial charge in [-0.2, -0.15) is 4.39 Å². The van der Waals surface area contributed by atoms with Crippen LogP contribution in [0, 0.1) is 41.9 Å². The maximum Gasteiger partial charge on any atom is 0.201 e. The van der Waals surface area contributed by atoms with E-state index in [0.29, 0.717) is 29.2 Å². The van der Waals surface area contributed by atoms with E-state index in [4.69, 9.17) is 4.74 Å². The molecule has 0 N–H and O–H groups in total. The molecule has 36 heavy (non-hydrogen) atoms. The molecule has 1 aliphatic carbocycles. The van der Waals surface area contributed by atoms with Crippen LogP contribution in [0.15, 0.2) is 42.5 Å². The fourth-order valence-corrected chi connectivity index (χ4v) is 5.23. The van der Waals surface area contributed by atoms with Gasteiger partial charge in [0, 0.05) is 17.7 Å². The first kappa shape index (κ1) is 26.2. The molecule has 3 aromatic rings. The Kier molecular flexibility index (Phi) is 8.32. The van der Waals surface area contributed by atoms with Gasteiger partial charge in [-0.15, -0.1) is 0 Å². The van der Waals surface area contributed by atoms with Gasteiger partial charge < -0.3 is 4.74 Å². The van der Waals surface area contributed by atoms with Crippen LogP contribution in [0.5, 0.6) is 11.5 Å². The van der Waals surface area contributed by atoms with Gasteiger partial charge in [0.2, 0.25) is 5.82 Å². The Morgan fingerprint density at radius 3 is 2.00 bits per heavy atom. The van der Waals surface area contributed by atoms with Crippen LogP contribution >= 0.6 is 0 Å². The maximum absolute atomic E-state index is 14.6. The van der Waals surface area contributed by atoms with E-state index >= 15 is 0 Å². The van der Waals surface area contributed by atoms with Crippen LogP contribution < -0.4 is 4.74 Å². The van der Waals surface area contributed by atoms with Gasteiger partial charge in [-0.1, -0.05) is 56.9 Å². The molecule has 0 spiro atoms. The van der Waals surface area contributed by atoms with Crippen molar-refractivity contribution in [3.63, 3.8) is 0 Å². The lowest BCUT2D eigenvalue weighted by atomic mass is 9.77. The number of unbranched alkanes of at least 4 members (excludes halogenated alkanes) is 2. The van der Waals surface area contributed by atoms with Crippen LogP contribution in [0.25, 0.3) is 11.1 Å². The molecule has 1 fully saturated rings. The topological polar surface area (TPSA) is 9.23 Å². The molecule has 0 aliphatic heterocycles. The highest BCUT2D eigenvalue weighted by molar-refractivity contribution is 5.70. The van der Waals surface area contributed by atoms with Crippen molar-refractivity contribution >= 4 is 0 Å². The molecule has 0 saturated heterocycles. The van der Waals surface area contributed by atoms with Crippen molar-refractivity contribution in [3.8, 4) is 22.6 Å². The zero-order valence-electron chi connectivity index (χ0n) is 20.7. The van der Waals surface area contributed by atoms with Gasteiger partial charge in [0.25, 0.3) is 0 Å². The predicted octanol–water partition coefficient (Wildman–Crippen LogP) is 10.0. The Morgan fingerprint density at radius 2 is 1.39 bits per heavy atom. The molecular weight excluding hydrogens is 471 g/mol. The second-order valence-corrected chi connectivity index (χ2v) is 9.81. The molecule has 0 unspecified atom stereocenters. The summed E-state index contributed by atoms with van der Waals surface area (Å²) in [5.74, 6) is -6.72. The molecular formula is C30H31F5O. The summed E-state index contributed by atoms with van der Waals surface area (Å²) in [5, 5.41) is 0. The lowest BCUT2D eigenvalue weighted by Crippen LogP contribution is -2.13. The third-order valence-corrected chi connectivity index (χ3v) is 7.36. The Balaban J connectivity index is 1.52. The highest BCUT2D eigenvalue weighted by Gasteiger charge is 2.23. The number of hydrogen-bond acceptors (Lipinski definition) is 1. The van der Waals surface area contributed by atoms with Crippen molar-refractivity contribution in [2.45, 2.75) is 71.1 Å². The smallest absolute Gasteiger partial charge is 0.201 e. The Morgan fingerprint density at radius 1 is 0.778 bits per heavy atom. The van der Waals surface area contributed by atoms with Crippen molar-refractivity contribution in [2.75, 3.05) is 0 Å². The van der Waals surface area contributed by atoms with Gasteiger partial charge in [0.05, 0.1) is 0 Å². The van der Waals surface area contributed by atoms with E-state index in [-0.39, 0.29) is 5.56 Å². The Bertz CT molecular complexity index is 1170. The lowest BCUT2D eigenvalue weighted by molar-refractivity contribution is 0.303. The minimum absolute atomic E-state index is 0.263. The summed E-state index contributed by atoms with van der Waals surface area (Å²) in [6.45, 7) is 3.77. The number of benzene rings is 3. The Hall–Kier alpha value is -2.89. The minimum atomic E-state index is -1.66. The predicted molar refractivity (Wildman–Crippen MR) is 132 cm³/mol. The lowest BCUT2D eigenvalue weighted by Gasteiger charge is -2.29. The van der Waals surface area contributed by atoms with Crippen molar-refractivity contribution in [2.24, 2.45) is 5.92 Å². The molecule has 0 amide bonds. The number of halogens is 5. The molecule has 3 aromatic carbocycles. The van der Waals surface area contributed by atoms with Gasteiger partial charge in [-0.3, -0.25) is 0 Å². The van der Waals surface area contributed by atoms with Crippen LogP contribution in [0.1, 0.15) is 75.3 Å². The molecule has 192 valence electrons. The first-order valence-electron chi connectivity index (χ1n) is 12.7. The highest BCUT2D eigenvalue weighted by Crippen LogP contribution is 2.40.